The number of carbonyl (C=O) groups is 1. The van der Waals surface area contributed by atoms with Crippen LogP contribution >= 0.6 is 0 Å². The first-order valence-electron chi connectivity index (χ1n) is 11.3. The molecule has 0 radical (unpaired) electrons. The quantitative estimate of drug-likeness (QED) is 0.354. The van der Waals surface area contributed by atoms with E-state index in [2.05, 4.69) is 9.72 Å². The van der Waals surface area contributed by atoms with Crippen LogP contribution in [0, 0.1) is 0 Å². The summed E-state index contributed by atoms with van der Waals surface area (Å²) in [5, 5.41) is 0. The van der Waals surface area contributed by atoms with Crippen LogP contribution in [0.2, 0.25) is 0 Å². The predicted octanol–water partition coefficient (Wildman–Crippen LogP) is 5.53. The zero-order valence-corrected chi connectivity index (χ0v) is 19.1. The van der Waals surface area contributed by atoms with Crippen molar-refractivity contribution in [1.82, 2.24) is 14.5 Å². The number of ether oxygens (including phenoxy) is 2. The van der Waals surface area contributed by atoms with Crippen molar-refractivity contribution in [3.05, 3.63) is 102 Å². The summed E-state index contributed by atoms with van der Waals surface area (Å²) in [7, 11) is 0. The Morgan fingerprint density at radius 2 is 1.69 bits per heavy atom. The average molecular weight is 493 g/mol. The van der Waals surface area contributed by atoms with E-state index in [9.17, 15) is 18.0 Å². The van der Waals surface area contributed by atoms with Crippen LogP contribution in [0.5, 0.6) is 11.5 Å². The van der Waals surface area contributed by atoms with Crippen LogP contribution in [0.3, 0.4) is 0 Å². The lowest BCUT2D eigenvalue weighted by Gasteiger charge is -2.20. The Morgan fingerprint density at radius 1 is 0.944 bits per heavy atom. The third-order valence-corrected chi connectivity index (χ3v) is 5.87. The molecule has 0 saturated carbocycles. The predicted molar refractivity (Wildman–Crippen MR) is 127 cm³/mol. The highest BCUT2D eigenvalue weighted by molar-refractivity contribution is 5.98. The number of benzene rings is 3. The Labute approximate surface area is 205 Å². The van der Waals surface area contributed by atoms with Crippen LogP contribution in [0.1, 0.15) is 21.7 Å². The van der Waals surface area contributed by atoms with Gasteiger partial charge in [-0.1, -0.05) is 48.5 Å². The molecule has 5 rings (SSSR count). The summed E-state index contributed by atoms with van der Waals surface area (Å²) in [5.41, 5.74) is 2.84. The highest BCUT2D eigenvalue weighted by atomic mass is 19.4. The molecular formula is C27H22F3N3O3. The van der Waals surface area contributed by atoms with Crippen molar-refractivity contribution in [3.63, 3.8) is 0 Å². The molecule has 2 heterocycles. The van der Waals surface area contributed by atoms with Gasteiger partial charge in [-0.05, 0) is 41.0 Å². The molecule has 1 amide bonds. The first kappa shape index (κ1) is 23.5. The molecule has 36 heavy (non-hydrogen) atoms. The van der Waals surface area contributed by atoms with Gasteiger partial charge in [0.2, 0.25) is 0 Å². The standard InChI is InChI=1S/C27H22F3N3O3/c28-27(29,30)36-22-9-6-20(7-10-22)21-8-11-24-23(16-21)26(34)33(14-15-35-24)18-25-31-12-13-32(25)17-19-4-2-1-3-5-19/h1-13,16H,14-15,17-18H2. The number of imidazole rings is 1. The fourth-order valence-electron chi connectivity index (χ4n) is 4.13. The molecule has 1 aliphatic rings. The molecule has 3 aromatic carbocycles. The molecule has 0 N–H and O–H groups in total. The Balaban J connectivity index is 1.36. The summed E-state index contributed by atoms with van der Waals surface area (Å²) in [6.07, 6.45) is -1.15. The zero-order chi connectivity index (χ0) is 25.1. The molecular weight excluding hydrogens is 471 g/mol. The van der Waals surface area contributed by atoms with Crippen LogP contribution in [0.4, 0.5) is 13.2 Å². The van der Waals surface area contributed by atoms with E-state index in [1.54, 1.807) is 29.3 Å². The summed E-state index contributed by atoms with van der Waals surface area (Å²) in [6.45, 7) is 1.68. The van der Waals surface area contributed by atoms with Crippen LogP contribution in [-0.4, -0.2) is 39.9 Å². The average Bonchev–Trinajstić information content (AvgIpc) is 3.23. The molecule has 0 unspecified atom stereocenters. The summed E-state index contributed by atoms with van der Waals surface area (Å²) in [4.78, 5) is 19.6. The van der Waals surface area contributed by atoms with Crippen molar-refractivity contribution in [2.45, 2.75) is 19.5 Å². The molecule has 0 spiro atoms. The second-order valence-corrected chi connectivity index (χ2v) is 8.32. The van der Waals surface area contributed by atoms with Gasteiger partial charge in [0.25, 0.3) is 5.91 Å². The maximum atomic E-state index is 13.5. The SMILES string of the molecule is O=C1c2cc(-c3ccc(OC(F)(F)F)cc3)ccc2OCCN1Cc1nccn1Cc1ccccc1. The molecule has 0 fully saturated rings. The maximum absolute atomic E-state index is 13.5. The van der Waals surface area contributed by atoms with E-state index in [0.717, 1.165) is 11.4 Å². The number of nitrogens with zero attached hydrogens (tertiary/aromatic N) is 3. The van der Waals surface area contributed by atoms with Gasteiger partial charge in [0.1, 0.15) is 23.9 Å². The maximum Gasteiger partial charge on any atom is 0.573 e. The number of halogens is 3. The van der Waals surface area contributed by atoms with Crippen molar-refractivity contribution in [2.75, 3.05) is 13.2 Å². The number of fused-ring (bicyclic) bond motifs is 1. The van der Waals surface area contributed by atoms with Gasteiger partial charge in [0.05, 0.1) is 18.7 Å². The minimum atomic E-state index is -4.76. The molecule has 6 nitrogen and oxygen atoms in total. The molecule has 0 bridgehead atoms. The monoisotopic (exact) mass is 493 g/mol. The second-order valence-electron chi connectivity index (χ2n) is 8.32. The molecule has 1 aromatic heterocycles. The van der Waals surface area contributed by atoms with Crippen molar-refractivity contribution in [2.24, 2.45) is 0 Å². The van der Waals surface area contributed by atoms with E-state index in [1.807, 2.05) is 41.1 Å². The molecule has 0 atom stereocenters. The first-order chi connectivity index (χ1) is 17.4. The fourth-order valence-corrected chi connectivity index (χ4v) is 4.13. The van der Waals surface area contributed by atoms with Crippen LogP contribution in [-0.2, 0) is 13.1 Å². The lowest BCUT2D eigenvalue weighted by molar-refractivity contribution is -0.274. The smallest absolute Gasteiger partial charge is 0.491 e. The Bertz CT molecular complexity index is 1350. The number of amides is 1. The molecule has 9 heteroatoms. The third-order valence-electron chi connectivity index (χ3n) is 5.87. The van der Waals surface area contributed by atoms with E-state index in [-0.39, 0.29) is 11.7 Å². The molecule has 0 saturated heterocycles. The largest absolute Gasteiger partial charge is 0.573 e. The molecule has 1 aliphatic heterocycles. The van der Waals surface area contributed by atoms with E-state index >= 15 is 0 Å². The summed E-state index contributed by atoms with van der Waals surface area (Å²) >= 11 is 0. The molecule has 184 valence electrons. The van der Waals surface area contributed by atoms with E-state index < -0.39 is 6.36 Å². The molecule has 0 aliphatic carbocycles. The summed E-state index contributed by atoms with van der Waals surface area (Å²) in [6, 6.07) is 20.7. The number of alkyl halides is 3. The number of carbonyl (C=O) groups excluding carboxylic acids is 1. The van der Waals surface area contributed by atoms with Crippen molar-refractivity contribution in [1.29, 1.82) is 0 Å². The van der Waals surface area contributed by atoms with E-state index in [4.69, 9.17) is 4.74 Å². The number of aromatic nitrogens is 2. The highest BCUT2D eigenvalue weighted by Gasteiger charge is 2.31. The second kappa shape index (κ2) is 9.77. The first-order valence-corrected chi connectivity index (χ1v) is 11.3. The van der Waals surface area contributed by atoms with Gasteiger partial charge in [-0.3, -0.25) is 4.79 Å². The lowest BCUT2D eigenvalue weighted by atomic mass is 10.0. The van der Waals surface area contributed by atoms with Crippen LogP contribution in [0.15, 0.2) is 85.2 Å². The van der Waals surface area contributed by atoms with Gasteiger partial charge >= 0.3 is 6.36 Å². The number of hydrogen-bond acceptors (Lipinski definition) is 4. The number of hydrogen-bond donors (Lipinski definition) is 0. The van der Waals surface area contributed by atoms with E-state index in [0.29, 0.717) is 48.7 Å². The zero-order valence-electron chi connectivity index (χ0n) is 19.1. The summed E-state index contributed by atoms with van der Waals surface area (Å²) in [5.74, 6) is 0.719. The van der Waals surface area contributed by atoms with Gasteiger partial charge in [0.15, 0.2) is 0 Å². The van der Waals surface area contributed by atoms with Gasteiger partial charge < -0.3 is 18.9 Å². The minimum absolute atomic E-state index is 0.198. The van der Waals surface area contributed by atoms with Crippen molar-refractivity contribution < 1.29 is 27.4 Å². The number of rotatable bonds is 6. The van der Waals surface area contributed by atoms with Crippen LogP contribution < -0.4 is 9.47 Å². The van der Waals surface area contributed by atoms with Crippen molar-refractivity contribution >= 4 is 5.91 Å². The fraction of sp³-hybridized carbons (Fsp3) is 0.185. The van der Waals surface area contributed by atoms with Gasteiger partial charge in [0, 0.05) is 18.9 Å². The lowest BCUT2D eigenvalue weighted by Crippen LogP contribution is -2.33. The third kappa shape index (κ3) is 5.35. The van der Waals surface area contributed by atoms with Gasteiger partial charge in [-0.2, -0.15) is 0 Å². The molecule has 4 aromatic rings. The van der Waals surface area contributed by atoms with E-state index in [1.165, 1.54) is 24.3 Å². The topological polar surface area (TPSA) is 56.6 Å². The minimum Gasteiger partial charge on any atom is -0.491 e. The highest BCUT2D eigenvalue weighted by Crippen LogP contribution is 2.31. The van der Waals surface area contributed by atoms with Gasteiger partial charge in [-0.25, -0.2) is 4.98 Å². The normalized spacial score (nSPS) is 13.6. The Morgan fingerprint density at radius 3 is 2.44 bits per heavy atom. The Kier molecular flexibility index (Phi) is 6.37. The Hall–Kier alpha value is -4.27. The van der Waals surface area contributed by atoms with Crippen LogP contribution in [0.25, 0.3) is 11.1 Å². The van der Waals surface area contributed by atoms with Crippen molar-refractivity contribution in [3.8, 4) is 22.6 Å². The van der Waals surface area contributed by atoms with Gasteiger partial charge in [-0.15, -0.1) is 13.2 Å². The summed E-state index contributed by atoms with van der Waals surface area (Å²) < 4.78 is 49.1.